The van der Waals surface area contributed by atoms with Crippen LogP contribution in [0, 0.1) is 5.41 Å². The number of rotatable bonds is 5. The number of hydrogen-bond acceptors (Lipinski definition) is 4. The van der Waals surface area contributed by atoms with Crippen LogP contribution in [0.15, 0.2) is 0 Å². The molecule has 0 bridgehead atoms. The zero-order valence-corrected chi connectivity index (χ0v) is 14.3. The molecule has 22 heavy (non-hydrogen) atoms. The summed E-state index contributed by atoms with van der Waals surface area (Å²) in [6.07, 6.45) is 6.46. The van der Waals surface area contributed by atoms with Crippen LogP contribution in [0.3, 0.4) is 0 Å². The summed E-state index contributed by atoms with van der Waals surface area (Å²) in [5.41, 5.74) is 0.0495. The standard InChI is InChI=1S/C15H26N4O2S/c1-3-7-13-16-14(18-17-13)12-10-19(22(20,21)4-2)11-15(12)8-5-6-9-15/h12H,3-11H2,1-2H3,(H,16,17,18). The number of hydrogen-bond donors (Lipinski definition) is 1. The van der Waals surface area contributed by atoms with E-state index in [2.05, 4.69) is 22.1 Å². The fourth-order valence-electron chi connectivity index (χ4n) is 4.07. The fraction of sp³-hybridized carbons (Fsp3) is 0.867. The normalized spacial score (nSPS) is 25.3. The van der Waals surface area contributed by atoms with Crippen molar-refractivity contribution in [3.63, 3.8) is 0 Å². The molecule has 2 heterocycles. The van der Waals surface area contributed by atoms with E-state index in [0.717, 1.165) is 37.3 Å². The molecule has 1 atom stereocenters. The highest BCUT2D eigenvalue weighted by atomic mass is 32.2. The average Bonchev–Trinajstić information content (AvgIpc) is 3.21. The van der Waals surface area contributed by atoms with E-state index >= 15 is 0 Å². The number of aromatic amines is 1. The van der Waals surface area contributed by atoms with Crippen molar-refractivity contribution >= 4 is 10.0 Å². The quantitative estimate of drug-likeness (QED) is 0.898. The Morgan fingerprint density at radius 2 is 2.05 bits per heavy atom. The van der Waals surface area contributed by atoms with Crippen molar-refractivity contribution in [2.75, 3.05) is 18.8 Å². The number of H-pyrrole nitrogens is 1. The smallest absolute Gasteiger partial charge is 0.213 e. The maximum Gasteiger partial charge on any atom is 0.213 e. The number of nitrogens with one attached hydrogen (secondary N) is 1. The van der Waals surface area contributed by atoms with Gasteiger partial charge < -0.3 is 0 Å². The molecule has 1 spiro atoms. The molecular formula is C15H26N4O2S. The number of sulfonamides is 1. The van der Waals surface area contributed by atoms with E-state index in [0.29, 0.717) is 13.1 Å². The van der Waals surface area contributed by atoms with Gasteiger partial charge in [-0.05, 0) is 31.6 Å². The number of aryl methyl sites for hydroxylation is 1. The zero-order chi connectivity index (χ0) is 15.8. The first-order valence-corrected chi connectivity index (χ1v) is 10.0. The van der Waals surface area contributed by atoms with Crippen LogP contribution in [0.1, 0.15) is 63.5 Å². The third-order valence-corrected chi connectivity index (χ3v) is 7.12. The van der Waals surface area contributed by atoms with Gasteiger partial charge in [-0.15, -0.1) is 0 Å². The Bertz CT molecular complexity index is 619. The van der Waals surface area contributed by atoms with Gasteiger partial charge in [0.2, 0.25) is 10.0 Å². The molecule has 3 rings (SSSR count). The molecule has 1 saturated carbocycles. The maximum atomic E-state index is 12.3. The first-order valence-electron chi connectivity index (χ1n) is 8.40. The van der Waals surface area contributed by atoms with E-state index < -0.39 is 10.0 Å². The fourth-order valence-corrected chi connectivity index (χ4v) is 5.27. The molecule has 1 aromatic heterocycles. The minimum absolute atomic E-state index is 0.0495. The summed E-state index contributed by atoms with van der Waals surface area (Å²) in [5, 5.41) is 7.45. The molecular weight excluding hydrogens is 300 g/mol. The predicted octanol–water partition coefficient (Wildman–Crippen LogP) is 2.07. The van der Waals surface area contributed by atoms with Gasteiger partial charge >= 0.3 is 0 Å². The van der Waals surface area contributed by atoms with Crippen LogP contribution in [-0.2, 0) is 16.4 Å². The highest BCUT2D eigenvalue weighted by Crippen LogP contribution is 2.53. The lowest BCUT2D eigenvalue weighted by Crippen LogP contribution is -2.32. The summed E-state index contributed by atoms with van der Waals surface area (Å²) < 4.78 is 26.3. The van der Waals surface area contributed by atoms with E-state index in [9.17, 15) is 8.42 Å². The summed E-state index contributed by atoms with van der Waals surface area (Å²) in [5.74, 6) is 2.05. The van der Waals surface area contributed by atoms with Crippen molar-refractivity contribution in [3.05, 3.63) is 11.6 Å². The summed E-state index contributed by atoms with van der Waals surface area (Å²) in [7, 11) is -3.14. The summed E-state index contributed by atoms with van der Waals surface area (Å²) in [6, 6.07) is 0. The van der Waals surface area contributed by atoms with E-state index in [1.807, 2.05) is 0 Å². The van der Waals surface area contributed by atoms with E-state index in [4.69, 9.17) is 0 Å². The Morgan fingerprint density at radius 3 is 2.68 bits per heavy atom. The van der Waals surface area contributed by atoms with Crippen molar-refractivity contribution in [3.8, 4) is 0 Å². The molecule has 0 amide bonds. The van der Waals surface area contributed by atoms with Crippen LogP contribution >= 0.6 is 0 Å². The van der Waals surface area contributed by atoms with Gasteiger partial charge in [-0.3, -0.25) is 5.10 Å². The summed E-state index contributed by atoms with van der Waals surface area (Å²) in [6.45, 7) is 5.02. The highest BCUT2D eigenvalue weighted by molar-refractivity contribution is 7.89. The van der Waals surface area contributed by atoms with Crippen LogP contribution < -0.4 is 0 Å². The molecule has 7 heteroatoms. The zero-order valence-electron chi connectivity index (χ0n) is 13.5. The van der Waals surface area contributed by atoms with Gasteiger partial charge in [-0.2, -0.15) is 5.10 Å². The van der Waals surface area contributed by atoms with Gasteiger partial charge in [0.25, 0.3) is 0 Å². The largest absolute Gasteiger partial charge is 0.263 e. The molecule has 6 nitrogen and oxygen atoms in total. The molecule has 2 fully saturated rings. The molecule has 1 aliphatic carbocycles. The van der Waals surface area contributed by atoms with Crippen LogP contribution in [0.4, 0.5) is 0 Å². The van der Waals surface area contributed by atoms with Gasteiger partial charge in [0.15, 0.2) is 5.82 Å². The first kappa shape index (κ1) is 15.9. The molecule has 1 unspecified atom stereocenters. The van der Waals surface area contributed by atoms with Gasteiger partial charge in [-0.1, -0.05) is 19.8 Å². The topological polar surface area (TPSA) is 79.0 Å². The van der Waals surface area contributed by atoms with E-state index in [1.54, 1.807) is 11.2 Å². The van der Waals surface area contributed by atoms with E-state index in [1.165, 1.54) is 12.8 Å². The summed E-state index contributed by atoms with van der Waals surface area (Å²) >= 11 is 0. The van der Waals surface area contributed by atoms with Gasteiger partial charge in [0.05, 0.1) is 5.75 Å². The van der Waals surface area contributed by atoms with Crippen molar-refractivity contribution in [1.82, 2.24) is 19.5 Å². The van der Waals surface area contributed by atoms with Gasteiger partial charge in [0, 0.05) is 25.4 Å². The van der Waals surface area contributed by atoms with Crippen LogP contribution in [0.5, 0.6) is 0 Å². The Hall–Kier alpha value is -0.950. The second kappa shape index (κ2) is 5.92. The average molecular weight is 326 g/mol. The monoisotopic (exact) mass is 326 g/mol. The van der Waals surface area contributed by atoms with Gasteiger partial charge in [-0.25, -0.2) is 17.7 Å². The number of nitrogens with zero attached hydrogens (tertiary/aromatic N) is 3. The summed E-state index contributed by atoms with van der Waals surface area (Å²) in [4.78, 5) is 4.66. The molecule has 1 N–H and O–H groups in total. The molecule has 1 saturated heterocycles. The second-order valence-corrected chi connectivity index (χ2v) is 8.96. The lowest BCUT2D eigenvalue weighted by atomic mass is 9.76. The molecule has 0 radical (unpaired) electrons. The third-order valence-electron chi connectivity index (χ3n) is 5.32. The third kappa shape index (κ3) is 2.69. The van der Waals surface area contributed by atoms with Crippen LogP contribution in [0.25, 0.3) is 0 Å². The lowest BCUT2D eigenvalue weighted by molar-refractivity contribution is 0.277. The van der Waals surface area contributed by atoms with Crippen molar-refractivity contribution in [2.45, 2.75) is 58.3 Å². The van der Waals surface area contributed by atoms with Crippen molar-refractivity contribution in [2.24, 2.45) is 5.41 Å². The lowest BCUT2D eigenvalue weighted by Gasteiger charge is -2.28. The Kier molecular flexibility index (Phi) is 4.29. The molecule has 1 aliphatic heterocycles. The Balaban J connectivity index is 1.90. The first-order chi connectivity index (χ1) is 10.5. The Labute approximate surface area is 132 Å². The minimum Gasteiger partial charge on any atom is -0.263 e. The maximum absolute atomic E-state index is 12.3. The van der Waals surface area contributed by atoms with Crippen LogP contribution in [-0.4, -0.2) is 46.7 Å². The van der Waals surface area contributed by atoms with Crippen molar-refractivity contribution in [1.29, 1.82) is 0 Å². The van der Waals surface area contributed by atoms with Crippen molar-refractivity contribution < 1.29 is 8.42 Å². The molecule has 0 aromatic carbocycles. The SMILES string of the molecule is CCCc1nc(C2CN(S(=O)(=O)CC)CC23CCCC3)n[nH]1. The molecule has 2 aliphatic rings. The number of aromatic nitrogens is 3. The van der Waals surface area contributed by atoms with E-state index in [-0.39, 0.29) is 17.1 Å². The molecule has 124 valence electrons. The predicted molar refractivity (Wildman–Crippen MR) is 85.1 cm³/mol. The molecule has 1 aromatic rings. The Morgan fingerprint density at radius 1 is 1.32 bits per heavy atom. The second-order valence-electron chi connectivity index (χ2n) is 6.71. The van der Waals surface area contributed by atoms with Gasteiger partial charge in [0.1, 0.15) is 5.82 Å². The van der Waals surface area contributed by atoms with Crippen LogP contribution in [0.2, 0.25) is 0 Å². The highest BCUT2D eigenvalue weighted by Gasteiger charge is 2.52. The minimum atomic E-state index is -3.14.